The number of aliphatic hydroxyl groups is 1. The van der Waals surface area contributed by atoms with E-state index in [1.54, 1.807) is 42.5 Å². The van der Waals surface area contributed by atoms with Gasteiger partial charge in [-0.15, -0.1) is 0 Å². The van der Waals surface area contributed by atoms with Gasteiger partial charge in [-0.25, -0.2) is 0 Å². The summed E-state index contributed by atoms with van der Waals surface area (Å²) in [6.45, 7) is 0.892. The third kappa shape index (κ3) is 4.60. The van der Waals surface area contributed by atoms with Crippen LogP contribution in [0, 0.1) is 0 Å². The molecule has 0 saturated carbocycles. The van der Waals surface area contributed by atoms with Crippen LogP contribution in [0.15, 0.2) is 52.5 Å². The predicted octanol–water partition coefficient (Wildman–Crippen LogP) is 3.45. The summed E-state index contributed by atoms with van der Waals surface area (Å²) in [4.78, 5) is 29.4. The molecule has 1 aliphatic rings. The van der Waals surface area contributed by atoms with Crippen molar-refractivity contribution in [1.82, 2.24) is 9.80 Å². The van der Waals surface area contributed by atoms with Crippen LogP contribution in [0.4, 0.5) is 0 Å². The van der Waals surface area contributed by atoms with Gasteiger partial charge in [0.2, 0.25) is 0 Å². The molecule has 1 amide bonds. The van der Waals surface area contributed by atoms with E-state index in [4.69, 9.17) is 9.47 Å². The molecule has 1 fully saturated rings. The van der Waals surface area contributed by atoms with E-state index in [0.29, 0.717) is 35.7 Å². The minimum Gasteiger partial charge on any atom is -0.507 e. The van der Waals surface area contributed by atoms with E-state index in [0.717, 1.165) is 4.47 Å². The topological polar surface area (TPSA) is 79.3 Å². The maximum Gasteiger partial charge on any atom is 0.295 e. The first-order chi connectivity index (χ1) is 14.8. The average Bonchev–Trinajstić information content (AvgIpc) is 3.01. The van der Waals surface area contributed by atoms with Gasteiger partial charge >= 0.3 is 0 Å². The smallest absolute Gasteiger partial charge is 0.295 e. The molecule has 31 heavy (non-hydrogen) atoms. The zero-order valence-corrected chi connectivity index (χ0v) is 19.5. The Labute approximate surface area is 190 Å². The Morgan fingerprint density at radius 1 is 1.06 bits per heavy atom. The largest absolute Gasteiger partial charge is 0.507 e. The maximum atomic E-state index is 13.0. The zero-order chi connectivity index (χ0) is 22.7. The van der Waals surface area contributed by atoms with Crippen LogP contribution < -0.4 is 9.47 Å². The SMILES string of the molecule is COc1ccc(C2/C(=C(/O)c3ccc(Br)cc3)C(=O)C(=O)N2CCN(C)C)cc1OC. The number of hydrogen-bond acceptors (Lipinski definition) is 6. The highest BCUT2D eigenvalue weighted by Gasteiger charge is 2.46. The van der Waals surface area contributed by atoms with E-state index in [2.05, 4.69) is 15.9 Å². The number of likely N-dealkylation sites (tertiary alicyclic amines) is 1. The van der Waals surface area contributed by atoms with E-state index in [1.165, 1.54) is 19.1 Å². The molecule has 7 nitrogen and oxygen atoms in total. The highest BCUT2D eigenvalue weighted by Crippen LogP contribution is 2.41. The van der Waals surface area contributed by atoms with Gasteiger partial charge < -0.3 is 24.4 Å². The van der Waals surface area contributed by atoms with E-state index in [-0.39, 0.29) is 11.3 Å². The first-order valence-corrected chi connectivity index (χ1v) is 10.5. The van der Waals surface area contributed by atoms with Crippen molar-refractivity contribution in [2.45, 2.75) is 6.04 Å². The van der Waals surface area contributed by atoms with Crippen LogP contribution in [0.3, 0.4) is 0 Å². The third-order valence-corrected chi connectivity index (χ3v) is 5.70. The summed E-state index contributed by atoms with van der Waals surface area (Å²) in [6.07, 6.45) is 0. The summed E-state index contributed by atoms with van der Waals surface area (Å²) in [7, 11) is 6.84. The molecular weight excluding hydrogens is 464 g/mol. The highest BCUT2D eigenvalue weighted by atomic mass is 79.9. The number of aliphatic hydroxyl groups excluding tert-OH is 1. The molecule has 1 unspecified atom stereocenters. The summed E-state index contributed by atoms with van der Waals surface area (Å²) >= 11 is 3.36. The lowest BCUT2D eigenvalue weighted by Gasteiger charge is -2.27. The molecule has 1 N–H and O–H groups in total. The van der Waals surface area contributed by atoms with Gasteiger partial charge in [-0.05, 0) is 43.9 Å². The van der Waals surface area contributed by atoms with Crippen LogP contribution >= 0.6 is 15.9 Å². The van der Waals surface area contributed by atoms with Gasteiger partial charge in [0, 0.05) is 23.1 Å². The number of ether oxygens (including phenoxy) is 2. The van der Waals surface area contributed by atoms with Crippen LogP contribution in [-0.4, -0.2) is 68.0 Å². The van der Waals surface area contributed by atoms with Gasteiger partial charge in [-0.3, -0.25) is 9.59 Å². The van der Waals surface area contributed by atoms with Crippen LogP contribution in [0.1, 0.15) is 17.2 Å². The van der Waals surface area contributed by atoms with Gasteiger partial charge in [-0.1, -0.05) is 34.1 Å². The molecule has 0 spiro atoms. The number of methoxy groups -OCH3 is 2. The van der Waals surface area contributed by atoms with Crippen molar-refractivity contribution < 1.29 is 24.2 Å². The number of carbonyl (C=O) groups is 2. The molecule has 0 radical (unpaired) electrons. The Morgan fingerprint density at radius 3 is 2.29 bits per heavy atom. The number of nitrogens with zero attached hydrogens (tertiary/aromatic N) is 2. The molecule has 1 atom stereocenters. The van der Waals surface area contributed by atoms with Crippen molar-refractivity contribution in [3.05, 3.63) is 63.6 Å². The minimum absolute atomic E-state index is 0.0540. The van der Waals surface area contributed by atoms with Crippen molar-refractivity contribution in [1.29, 1.82) is 0 Å². The quantitative estimate of drug-likeness (QED) is 0.365. The Bertz CT molecular complexity index is 1020. The standard InChI is InChI=1S/C23H25BrN2O5/c1-25(2)11-12-26-20(15-7-10-17(30-3)18(13-15)31-4)19(22(28)23(26)29)21(27)14-5-8-16(24)9-6-14/h5-10,13,20,27H,11-12H2,1-4H3/b21-19-. The van der Waals surface area contributed by atoms with Gasteiger partial charge in [0.25, 0.3) is 11.7 Å². The number of likely N-dealkylation sites (N-methyl/N-ethyl adjacent to an activating group) is 1. The molecule has 2 aromatic rings. The Morgan fingerprint density at radius 2 is 1.71 bits per heavy atom. The Hall–Kier alpha value is -2.84. The lowest BCUT2D eigenvalue weighted by Crippen LogP contribution is -2.35. The summed E-state index contributed by atoms with van der Waals surface area (Å²) in [5.74, 6) is -0.552. The molecule has 1 heterocycles. The number of ketones is 1. The molecule has 164 valence electrons. The molecule has 1 aliphatic heterocycles. The number of benzene rings is 2. The second-order valence-corrected chi connectivity index (χ2v) is 8.33. The van der Waals surface area contributed by atoms with Gasteiger partial charge in [0.1, 0.15) is 5.76 Å². The van der Waals surface area contributed by atoms with Gasteiger partial charge in [-0.2, -0.15) is 0 Å². The van der Waals surface area contributed by atoms with Crippen LogP contribution in [0.25, 0.3) is 5.76 Å². The van der Waals surface area contributed by atoms with Crippen molar-refractivity contribution in [2.75, 3.05) is 41.4 Å². The molecule has 3 rings (SSSR count). The van der Waals surface area contributed by atoms with Gasteiger partial charge in [0.15, 0.2) is 11.5 Å². The summed E-state index contributed by atoms with van der Waals surface area (Å²) in [5.41, 5.74) is 1.16. The van der Waals surface area contributed by atoms with E-state index < -0.39 is 17.7 Å². The maximum absolute atomic E-state index is 13.0. The molecule has 8 heteroatoms. The molecular formula is C23H25BrN2O5. The molecule has 2 aromatic carbocycles. The van der Waals surface area contributed by atoms with E-state index >= 15 is 0 Å². The van der Waals surface area contributed by atoms with Crippen LogP contribution in [0.5, 0.6) is 11.5 Å². The summed E-state index contributed by atoms with van der Waals surface area (Å²) < 4.78 is 11.6. The minimum atomic E-state index is -0.747. The van der Waals surface area contributed by atoms with Crippen LogP contribution in [-0.2, 0) is 9.59 Å². The first-order valence-electron chi connectivity index (χ1n) is 9.69. The second kappa shape index (κ2) is 9.53. The third-order valence-electron chi connectivity index (χ3n) is 5.17. The lowest BCUT2D eigenvalue weighted by molar-refractivity contribution is -0.140. The highest BCUT2D eigenvalue weighted by molar-refractivity contribution is 9.10. The number of hydrogen-bond donors (Lipinski definition) is 1. The summed E-state index contributed by atoms with van der Waals surface area (Å²) in [5, 5.41) is 11.1. The molecule has 1 saturated heterocycles. The predicted molar refractivity (Wildman–Crippen MR) is 121 cm³/mol. The monoisotopic (exact) mass is 488 g/mol. The second-order valence-electron chi connectivity index (χ2n) is 7.42. The number of halogens is 1. The van der Waals surface area contributed by atoms with Crippen molar-refractivity contribution >= 4 is 33.4 Å². The van der Waals surface area contributed by atoms with Gasteiger partial charge in [0.05, 0.1) is 25.8 Å². The normalized spacial score (nSPS) is 18.0. The number of amides is 1. The average molecular weight is 489 g/mol. The lowest BCUT2D eigenvalue weighted by atomic mass is 9.95. The van der Waals surface area contributed by atoms with Crippen LogP contribution in [0.2, 0.25) is 0 Å². The first kappa shape index (κ1) is 22.8. The molecule has 0 aromatic heterocycles. The van der Waals surface area contributed by atoms with Crippen molar-refractivity contribution in [2.24, 2.45) is 0 Å². The van der Waals surface area contributed by atoms with E-state index in [1.807, 2.05) is 19.0 Å². The molecule has 0 bridgehead atoms. The fourth-order valence-corrected chi connectivity index (χ4v) is 3.82. The fraction of sp³-hybridized carbons (Fsp3) is 0.304. The summed E-state index contributed by atoms with van der Waals surface area (Å²) in [6, 6.07) is 11.4. The van der Waals surface area contributed by atoms with Crippen molar-refractivity contribution in [3.8, 4) is 11.5 Å². The zero-order valence-electron chi connectivity index (χ0n) is 17.9. The Kier molecular flexibility index (Phi) is 7.02. The fourth-order valence-electron chi connectivity index (χ4n) is 3.55. The number of rotatable bonds is 7. The van der Waals surface area contributed by atoms with E-state index in [9.17, 15) is 14.7 Å². The molecule has 0 aliphatic carbocycles. The number of carbonyl (C=O) groups excluding carboxylic acids is 2. The Balaban J connectivity index is 2.18. The number of Topliss-reactive ketones (excluding diaryl/α,β-unsaturated/α-hetero) is 1. The van der Waals surface area contributed by atoms with Crippen molar-refractivity contribution in [3.63, 3.8) is 0 Å².